The number of allylic oxidation sites excluding steroid dienone is 4. The molecule has 0 aromatic heterocycles. The zero-order valence-corrected chi connectivity index (χ0v) is 27.7. The van der Waals surface area contributed by atoms with E-state index in [1.807, 2.05) is 25.1 Å². The van der Waals surface area contributed by atoms with Gasteiger partial charge in [-0.1, -0.05) is 55.8 Å². The number of hydrogen-bond donors (Lipinski definition) is 1. The summed E-state index contributed by atoms with van der Waals surface area (Å²) in [6.45, 7) is 11.4. The first-order valence-electron chi connectivity index (χ1n) is 16.9. The Morgan fingerprint density at radius 1 is 0.841 bits per heavy atom. The third-order valence-corrected chi connectivity index (χ3v) is 7.39. The summed E-state index contributed by atoms with van der Waals surface area (Å²) in [4.78, 5) is 27.1. The number of rotatable bonds is 24. The summed E-state index contributed by atoms with van der Waals surface area (Å²) < 4.78 is 23.0. The van der Waals surface area contributed by atoms with Gasteiger partial charge in [0.2, 0.25) is 0 Å². The number of esters is 1. The molecule has 1 heterocycles. The molecule has 2 rings (SSSR count). The van der Waals surface area contributed by atoms with Crippen LogP contribution in [0.5, 0.6) is 0 Å². The van der Waals surface area contributed by atoms with E-state index < -0.39 is 12.4 Å². The molecular formula is C36H58N2O6. The number of benzene rings is 1. The molecule has 1 amide bonds. The number of alkyl carbamates (subject to hydrolysis) is 1. The van der Waals surface area contributed by atoms with Crippen LogP contribution in [0.25, 0.3) is 0 Å². The van der Waals surface area contributed by atoms with Gasteiger partial charge in [0.1, 0.15) is 13.2 Å². The Morgan fingerprint density at radius 2 is 1.43 bits per heavy atom. The summed E-state index contributed by atoms with van der Waals surface area (Å²) in [5.74, 6) is -0.284. The molecule has 8 heteroatoms. The van der Waals surface area contributed by atoms with Crippen molar-refractivity contribution in [2.45, 2.75) is 117 Å². The van der Waals surface area contributed by atoms with E-state index in [-0.39, 0.29) is 25.6 Å². The van der Waals surface area contributed by atoms with Gasteiger partial charge in [-0.2, -0.15) is 0 Å². The molecule has 1 saturated heterocycles. The number of amides is 1. The van der Waals surface area contributed by atoms with Crippen LogP contribution in [-0.2, 0) is 37.0 Å². The minimum atomic E-state index is -0.417. The maximum Gasteiger partial charge on any atom is 0.407 e. The van der Waals surface area contributed by atoms with E-state index in [2.05, 4.69) is 48.4 Å². The Bertz CT molecular complexity index is 949. The molecule has 0 radical (unpaired) electrons. The predicted molar refractivity (Wildman–Crippen MR) is 176 cm³/mol. The minimum absolute atomic E-state index is 0.165. The quantitative estimate of drug-likeness (QED) is 0.0551. The van der Waals surface area contributed by atoms with Crippen LogP contribution in [-0.4, -0.2) is 62.6 Å². The maximum atomic E-state index is 12.6. The lowest BCUT2D eigenvalue weighted by molar-refractivity contribution is -0.160. The second-order valence-electron chi connectivity index (χ2n) is 11.5. The molecule has 0 spiro atoms. The second kappa shape index (κ2) is 24.6. The molecule has 0 unspecified atom stereocenters. The number of ether oxygens (including phenoxy) is 4. The van der Waals surface area contributed by atoms with E-state index in [1.165, 1.54) is 12.8 Å². The topological polar surface area (TPSA) is 86.3 Å². The lowest BCUT2D eigenvalue weighted by Crippen LogP contribution is -2.33. The molecule has 0 bridgehead atoms. The molecule has 1 fully saturated rings. The second-order valence-corrected chi connectivity index (χ2v) is 11.5. The standard InChI is InChI=1S/C36H58N2O6/c1-4-6-8-10-12-16-24-41-35(42-25-17-13-11-9-7-5-2)19-18-34(39)43-29-32-26-31(3)27-33(28-32)30-44-36(40)37-20-23-38-21-14-15-22-38/h6-9,26-28,35H,4-5,10-25,29-30H2,1-3H3,(H,37,40)/b8-6-,9-7-. The van der Waals surface area contributed by atoms with Crippen LogP contribution in [0.2, 0.25) is 0 Å². The highest BCUT2D eigenvalue weighted by atomic mass is 16.7. The number of carbonyl (C=O) groups excluding carboxylic acids is 2. The molecule has 1 aliphatic rings. The first kappa shape index (κ1) is 37.5. The van der Waals surface area contributed by atoms with Crippen LogP contribution < -0.4 is 5.32 Å². The zero-order valence-electron chi connectivity index (χ0n) is 27.7. The molecule has 0 aliphatic carbocycles. The molecule has 0 saturated carbocycles. The van der Waals surface area contributed by atoms with Crippen LogP contribution in [0.3, 0.4) is 0 Å². The average molecular weight is 615 g/mol. The van der Waals surface area contributed by atoms with Gasteiger partial charge < -0.3 is 29.2 Å². The molecule has 0 atom stereocenters. The van der Waals surface area contributed by atoms with E-state index in [4.69, 9.17) is 18.9 Å². The predicted octanol–water partition coefficient (Wildman–Crippen LogP) is 7.77. The summed E-state index contributed by atoms with van der Waals surface area (Å²) in [6, 6.07) is 5.87. The first-order valence-corrected chi connectivity index (χ1v) is 16.9. The summed E-state index contributed by atoms with van der Waals surface area (Å²) in [5, 5.41) is 2.83. The number of aryl methyl sites for hydroxylation is 1. The Labute approximate surface area is 266 Å². The zero-order chi connectivity index (χ0) is 31.7. The average Bonchev–Trinajstić information content (AvgIpc) is 3.53. The summed E-state index contributed by atoms with van der Waals surface area (Å²) in [7, 11) is 0. The number of nitrogens with zero attached hydrogens (tertiary/aromatic N) is 1. The largest absolute Gasteiger partial charge is 0.461 e. The van der Waals surface area contributed by atoms with Gasteiger partial charge in [-0.05, 0) is 101 Å². The van der Waals surface area contributed by atoms with Crippen molar-refractivity contribution in [3.8, 4) is 0 Å². The molecular weight excluding hydrogens is 556 g/mol. The van der Waals surface area contributed by atoms with E-state index in [1.54, 1.807) is 0 Å². The van der Waals surface area contributed by atoms with Crippen LogP contribution in [0.1, 0.15) is 108 Å². The summed E-state index contributed by atoms with van der Waals surface area (Å²) in [6.07, 6.45) is 19.4. The smallest absolute Gasteiger partial charge is 0.407 e. The fraction of sp³-hybridized carbons (Fsp3) is 0.667. The van der Waals surface area contributed by atoms with E-state index in [0.717, 1.165) is 87.7 Å². The fourth-order valence-electron chi connectivity index (χ4n) is 5.05. The number of nitrogens with one attached hydrogen (secondary N) is 1. The SMILES string of the molecule is CC/C=C\CCCCOC(CCC(=O)OCc1cc(C)cc(COC(=O)NCCN2CCCC2)c1)OCCCC/C=C\CC. The number of hydrogen-bond acceptors (Lipinski definition) is 7. The summed E-state index contributed by atoms with van der Waals surface area (Å²) in [5.41, 5.74) is 2.75. The van der Waals surface area contributed by atoms with Gasteiger partial charge in [0, 0.05) is 32.7 Å². The Morgan fingerprint density at radius 3 is 2.02 bits per heavy atom. The lowest BCUT2D eigenvalue weighted by Gasteiger charge is -2.18. The minimum Gasteiger partial charge on any atom is -0.461 e. The third-order valence-electron chi connectivity index (χ3n) is 7.39. The van der Waals surface area contributed by atoms with Gasteiger partial charge >= 0.3 is 12.1 Å². The van der Waals surface area contributed by atoms with Crippen LogP contribution in [0.4, 0.5) is 4.79 Å². The van der Waals surface area contributed by atoms with Crippen LogP contribution in [0, 0.1) is 6.92 Å². The Balaban J connectivity index is 1.72. The van der Waals surface area contributed by atoms with Gasteiger partial charge in [-0.25, -0.2) is 4.79 Å². The molecule has 1 aliphatic heterocycles. The van der Waals surface area contributed by atoms with Crippen LogP contribution in [0.15, 0.2) is 42.5 Å². The van der Waals surface area contributed by atoms with Crippen molar-refractivity contribution in [3.05, 3.63) is 59.2 Å². The van der Waals surface area contributed by atoms with Crippen molar-refractivity contribution in [2.75, 3.05) is 39.4 Å². The van der Waals surface area contributed by atoms with Gasteiger partial charge in [-0.15, -0.1) is 0 Å². The Kier molecular flexibility index (Phi) is 21.0. The molecule has 8 nitrogen and oxygen atoms in total. The highest BCUT2D eigenvalue weighted by Crippen LogP contribution is 2.14. The molecule has 44 heavy (non-hydrogen) atoms. The van der Waals surface area contributed by atoms with Gasteiger partial charge in [-0.3, -0.25) is 4.79 Å². The van der Waals surface area contributed by atoms with Gasteiger partial charge in [0.25, 0.3) is 0 Å². The van der Waals surface area contributed by atoms with Crippen LogP contribution >= 0.6 is 0 Å². The van der Waals surface area contributed by atoms with Crippen molar-refractivity contribution in [1.29, 1.82) is 0 Å². The number of likely N-dealkylation sites (tertiary alicyclic amines) is 1. The third kappa shape index (κ3) is 18.9. The summed E-state index contributed by atoms with van der Waals surface area (Å²) >= 11 is 0. The van der Waals surface area contributed by atoms with E-state index >= 15 is 0 Å². The molecule has 248 valence electrons. The van der Waals surface area contributed by atoms with Gasteiger partial charge in [0.15, 0.2) is 6.29 Å². The maximum absolute atomic E-state index is 12.6. The number of unbranched alkanes of at least 4 members (excludes halogenated alkanes) is 4. The van der Waals surface area contributed by atoms with Crippen molar-refractivity contribution >= 4 is 12.1 Å². The highest BCUT2D eigenvalue weighted by Gasteiger charge is 2.15. The van der Waals surface area contributed by atoms with E-state index in [0.29, 0.717) is 26.2 Å². The normalized spacial score (nSPS) is 13.8. The van der Waals surface area contributed by atoms with Crippen molar-refractivity contribution < 1.29 is 28.5 Å². The molecule has 1 aromatic carbocycles. The number of carbonyl (C=O) groups is 2. The first-order chi connectivity index (χ1) is 21.5. The molecule has 1 aromatic rings. The van der Waals surface area contributed by atoms with E-state index in [9.17, 15) is 9.59 Å². The van der Waals surface area contributed by atoms with Gasteiger partial charge in [0.05, 0.1) is 6.42 Å². The fourth-order valence-corrected chi connectivity index (χ4v) is 5.05. The highest BCUT2D eigenvalue weighted by molar-refractivity contribution is 5.69. The Hall–Kier alpha value is -2.68. The monoisotopic (exact) mass is 614 g/mol. The molecule has 1 N–H and O–H groups in total. The lowest BCUT2D eigenvalue weighted by atomic mass is 10.1. The van der Waals surface area contributed by atoms with Crippen molar-refractivity contribution in [1.82, 2.24) is 10.2 Å². The van der Waals surface area contributed by atoms with Crippen molar-refractivity contribution in [3.63, 3.8) is 0 Å². The van der Waals surface area contributed by atoms with Crippen molar-refractivity contribution in [2.24, 2.45) is 0 Å².